The molecule has 0 aliphatic rings. The maximum atomic E-state index is 6.21. The Bertz CT molecular complexity index is 563. The van der Waals surface area contributed by atoms with Gasteiger partial charge in [-0.25, -0.2) is 4.98 Å². The zero-order valence-corrected chi connectivity index (χ0v) is 12.0. The van der Waals surface area contributed by atoms with Gasteiger partial charge in [0.2, 0.25) is 5.95 Å². The number of halogens is 1. The summed E-state index contributed by atoms with van der Waals surface area (Å²) in [6.45, 7) is 6.77. The predicted octanol–water partition coefficient (Wildman–Crippen LogP) is 3.92. The maximum absolute atomic E-state index is 6.21. The van der Waals surface area contributed by atoms with Gasteiger partial charge in [-0.2, -0.15) is 4.98 Å². The number of aromatic nitrogens is 2. The summed E-state index contributed by atoms with van der Waals surface area (Å²) in [6.07, 6.45) is 1.79. The maximum Gasteiger partial charge on any atom is 0.224 e. The van der Waals surface area contributed by atoms with Crippen molar-refractivity contribution in [2.45, 2.75) is 20.8 Å². The quantitative estimate of drug-likeness (QED) is 0.889. The van der Waals surface area contributed by atoms with Gasteiger partial charge >= 0.3 is 0 Å². The van der Waals surface area contributed by atoms with Gasteiger partial charge in [-0.1, -0.05) is 23.7 Å². The molecule has 0 atom stereocenters. The van der Waals surface area contributed by atoms with Crippen LogP contribution >= 0.6 is 11.6 Å². The molecule has 0 bridgehead atoms. The Hall–Kier alpha value is -1.81. The van der Waals surface area contributed by atoms with Gasteiger partial charge in [0, 0.05) is 18.3 Å². The molecule has 0 spiro atoms. The average Bonchev–Trinajstić information content (AvgIpc) is 2.38. The van der Waals surface area contributed by atoms with E-state index in [1.807, 2.05) is 39.0 Å². The van der Waals surface area contributed by atoms with Crippen LogP contribution in [0.2, 0.25) is 5.02 Å². The normalized spacial score (nSPS) is 10.3. The van der Waals surface area contributed by atoms with Gasteiger partial charge in [-0.3, -0.25) is 0 Å². The van der Waals surface area contributed by atoms with Crippen LogP contribution in [0.3, 0.4) is 0 Å². The monoisotopic (exact) mass is 276 g/mol. The first kappa shape index (κ1) is 13.6. The molecule has 0 fully saturated rings. The first-order valence-electron chi connectivity index (χ1n) is 6.21. The minimum absolute atomic E-state index is 0.611. The van der Waals surface area contributed by atoms with Gasteiger partial charge in [0.15, 0.2) is 0 Å². The third-order valence-electron chi connectivity index (χ3n) is 2.77. The van der Waals surface area contributed by atoms with Crippen LogP contribution in [-0.2, 0) is 0 Å². The lowest BCUT2D eigenvalue weighted by molar-refractivity contribution is 1.07. The number of anilines is 3. The van der Waals surface area contributed by atoms with E-state index in [2.05, 4.69) is 20.6 Å². The largest absolute Gasteiger partial charge is 0.354 e. The van der Waals surface area contributed by atoms with Crippen LogP contribution in [0.4, 0.5) is 17.5 Å². The van der Waals surface area contributed by atoms with Crippen LogP contribution in [0.5, 0.6) is 0 Å². The molecule has 5 heteroatoms. The molecule has 0 aliphatic heterocycles. The second kappa shape index (κ2) is 5.89. The smallest absolute Gasteiger partial charge is 0.224 e. The van der Waals surface area contributed by atoms with E-state index in [1.54, 1.807) is 6.20 Å². The van der Waals surface area contributed by atoms with Gasteiger partial charge in [0.05, 0.1) is 10.7 Å². The number of hydrogen-bond acceptors (Lipinski definition) is 4. The number of para-hydroxylation sites is 1. The summed E-state index contributed by atoms with van der Waals surface area (Å²) in [4.78, 5) is 8.67. The summed E-state index contributed by atoms with van der Waals surface area (Å²) in [6, 6.07) is 5.80. The number of aryl methyl sites for hydroxylation is 2. The fraction of sp³-hybridized carbons (Fsp3) is 0.286. The van der Waals surface area contributed by atoms with E-state index in [9.17, 15) is 0 Å². The highest BCUT2D eigenvalue weighted by molar-refractivity contribution is 6.33. The number of benzene rings is 1. The Morgan fingerprint density at radius 3 is 2.68 bits per heavy atom. The number of nitrogens with zero attached hydrogens (tertiary/aromatic N) is 2. The Morgan fingerprint density at radius 1 is 1.21 bits per heavy atom. The number of hydrogen-bond donors (Lipinski definition) is 2. The van der Waals surface area contributed by atoms with E-state index in [1.165, 1.54) is 0 Å². The summed E-state index contributed by atoms with van der Waals surface area (Å²) < 4.78 is 0. The minimum atomic E-state index is 0.611. The van der Waals surface area contributed by atoms with Crippen LogP contribution in [0.15, 0.2) is 24.4 Å². The zero-order valence-electron chi connectivity index (χ0n) is 11.3. The van der Waals surface area contributed by atoms with E-state index in [-0.39, 0.29) is 0 Å². The molecule has 0 aliphatic carbocycles. The Labute approximate surface area is 118 Å². The van der Waals surface area contributed by atoms with Crippen LogP contribution in [0.25, 0.3) is 0 Å². The fourth-order valence-electron chi connectivity index (χ4n) is 1.72. The molecule has 100 valence electrons. The summed E-state index contributed by atoms with van der Waals surface area (Å²) >= 11 is 6.21. The van der Waals surface area contributed by atoms with Gasteiger partial charge in [0.25, 0.3) is 0 Å². The van der Waals surface area contributed by atoms with E-state index in [0.717, 1.165) is 29.2 Å². The highest BCUT2D eigenvalue weighted by Crippen LogP contribution is 2.29. The second-order valence-electron chi connectivity index (χ2n) is 4.31. The van der Waals surface area contributed by atoms with Crippen molar-refractivity contribution in [2.24, 2.45) is 0 Å². The Morgan fingerprint density at radius 2 is 2.00 bits per heavy atom. The molecule has 0 radical (unpaired) electrons. The lowest BCUT2D eigenvalue weighted by atomic mass is 10.2. The summed E-state index contributed by atoms with van der Waals surface area (Å²) in [5, 5.41) is 7.06. The molecule has 0 unspecified atom stereocenters. The molecule has 2 rings (SSSR count). The average molecular weight is 277 g/mol. The lowest BCUT2D eigenvalue weighted by Gasteiger charge is -2.13. The molecule has 2 N–H and O–H groups in total. The van der Waals surface area contributed by atoms with Gasteiger partial charge < -0.3 is 10.6 Å². The molecule has 19 heavy (non-hydrogen) atoms. The summed E-state index contributed by atoms with van der Waals surface area (Å²) in [5.41, 5.74) is 2.94. The van der Waals surface area contributed by atoms with Crippen LogP contribution in [0, 0.1) is 13.8 Å². The van der Waals surface area contributed by atoms with Crippen molar-refractivity contribution in [2.75, 3.05) is 17.2 Å². The molecule has 1 heterocycles. The SMILES string of the molecule is CCNc1ncc(C)c(Nc2c(C)cccc2Cl)n1. The van der Waals surface area contributed by atoms with Crippen molar-refractivity contribution >= 4 is 29.1 Å². The molecule has 1 aromatic carbocycles. The first-order valence-corrected chi connectivity index (χ1v) is 6.59. The van der Waals surface area contributed by atoms with Crippen molar-refractivity contribution in [3.63, 3.8) is 0 Å². The standard InChI is InChI=1S/C14H17ClN4/c1-4-16-14-17-8-10(3)13(19-14)18-12-9(2)6-5-7-11(12)15/h5-8H,4H2,1-3H3,(H2,16,17,18,19). The highest BCUT2D eigenvalue weighted by atomic mass is 35.5. The molecule has 0 saturated carbocycles. The number of nitrogens with one attached hydrogen (secondary N) is 2. The van der Waals surface area contributed by atoms with Gasteiger partial charge in [-0.15, -0.1) is 0 Å². The van der Waals surface area contributed by atoms with Crippen molar-refractivity contribution in [1.29, 1.82) is 0 Å². The third-order valence-corrected chi connectivity index (χ3v) is 3.09. The molecule has 0 saturated heterocycles. The van der Waals surface area contributed by atoms with E-state index in [4.69, 9.17) is 11.6 Å². The van der Waals surface area contributed by atoms with E-state index >= 15 is 0 Å². The second-order valence-corrected chi connectivity index (χ2v) is 4.72. The van der Waals surface area contributed by atoms with Crippen molar-refractivity contribution in [3.8, 4) is 0 Å². The zero-order chi connectivity index (χ0) is 13.8. The van der Waals surface area contributed by atoms with E-state index in [0.29, 0.717) is 11.0 Å². The molecule has 1 aromatic heterocycles. The van der Waals surface area contributed by atoms with Crippen molar-refractivity contribution < 1.29 is 0 Å². The van der Waals surface area contributed by atoms with Crippen molar-refractivity contribution in [3.05, 3.63) is 40.5 Å². The Balaban J connectivity index is 2.35. The van der Waals surface area contributed by atoms with Gasteiger partial charge in [0.1, 0.15) is 5.82 Å². The topological polar surface area (TPSA) is 49.8 Å². The Kier molecular flexibility index (Phi) is 4.22. The van der Waals surface area contributed by atoms with Crippen LogP contribution < -0.4 is 10.6 Å². The summed E-state index contributed by atoms with van der Waals surface area (Å²) in [5.74, 6) is 1.38. The molecular weight excluding hydrogens is 260 g/mol. The lowest BCUT2D eigenvalue weighted by Crippen LogP contribution is -2.06. The minimum Gasteiger partial charge on any atom is -0.354 e. The molecule has 0 amide bonds. The van der Waals surface area contributed by atoms with Crippen LogP contribution in [-0.4, -0.2) is 16.5 Å². The van der Waals surface area contributed by atoms with Gasteiger partial charge in [-0.05, 0) is 32.4 Å². The fourth-order valence-corrected chi connectivity index (χ4v) is 1.99. The third kappa shape index (κ3) is 3.15. The summed E-state index contributed by atoms with van der Waals surface area (Å²) in [7, 11) is 0. The predicted molar refractivity (Wildman–Crippen MR) is 80.4 cm³/mol. The first-order chi connectivity index (χ1) is 9.11. The number of rotatable bonds is 4. The molecule has 2 aromatic rings. The molecular formula is C14H17ClN4. The van der Waals surface area contributed by atoms with Crippen LogP contribution in [0.1, 0.15) is 18.1 Å². The highest BCUT2D eigenvalue weighted by Gasteiger charge is 2.08. The van der Waals surface area contributed by atoms with E-state index < -0.39 is 0 Å². The molecule has 4 nitrogen and oxygen atoms in total. The van der Waals surface area contributed by atoms with Crippen molar-refractivity contribution in [1.82, 2.24) is 9.97 Å².